The molecule has 0 unspecified atom stereocenters. The average molecular weight is 290 g/mol. The molecule has 1 aliphatic heterocycles. The van der Waals surface area contributed by atoms with Crippen molar-refractivity contribution in [2.75, 3.05) is 7.05 Å². The third kappa shape index (κ3) is 2.91. The predicted octanol–water partition coefficient (Wildman–Crippen LogP) is 2.01. The SMILES string of the molecule is CN1C(=O)CC[C@@H](C(=O)NC2CC2)[C@H]1c1ccc(F)cc1. The van der Waals surface area contributed by atoms with Crippen LogP contribution >= 0.6 is 0 Å². The Balaban J connectivity index is 1.86. The van der Waals surface area contributed by atoms with E-state index in [1.807, 2.05) is 0 Å². The molecule has 0 radical (unpaired) electrons. The number of amides is 2. The molecular weight excluding hydrogens is 271 g/mol. The van der Waals surface area contributed by atoms with Gasteiger partial charge in [0.05, 0.1) is 12.0 Å². The van der Waals surface area contributed by atoms with Crippen molar-refractivity contribution in [2.45, 2.75) is 37.8 Å². The molecule has 0 aromatic heterocycles. The van der Waals surface area contributed by atoms with Crippen LogP contribution in [0.4, 0.5) is 4.39 Å². The number of benzene rings is 1. The standard InChI is InChI=1S/C16H19FN2O2/c1-19-14(20)9-8-13(16(21)18-12-6-7-12)15(19)10-2-4-11(17)5-3-10/h2-5,12-13,15H,6-9H2,1H3,(H,18,21)/t13-,15-/m1/s1. The van der Waals surface area contributed by atoms with Crippen LogP contribution in [0.15, 0.2) is 24.3 Å². The van der Waals surface area contributed by atoms with E-state index in [9.17, 15) is 14.0 Å². The Morgan fingerprint density at radius 2 is 1.90 bits per heavy atom. The molecule has 2 atom stereocenters. The Morgan fingerprint density at radius 1 is 1.24 bits per heavy atom. The Hall–Kier alpha value is -1.91. The molecule has 1 N–H and O–H groups in total. The minimum atomic E-state index is -0.317. The number of hydrogen-bond donors (Lipinski definition) is 1. The maximum Gasteiger partial charge on any atom is 0.225 e. The molecule has 3 rings (SSSR count). The number of likely N-dealkylation sites (tertiary alicyclic amines) is 1. The second-order valence-corrected chi connectivity index (χ2v) is 5.93. The average Bonchev–Trinajstić information content (AvgIpc) is 3.27. The van der Waals surface area contributed by atoms with E-state index in [1.54, 1.807) is 24.1 Å². The summed E-state index contributed by atoms with van der Waals surface area (Å²) >= 11 is 0. The molecule has 1 aliphatic carbocycles. The van der Waals surface area contributed by atoms with Gasteiger partial charge in [-0.15, -0.1) is 0 Å². The molecular formula is C16H19FN2O2. The van der Waals surface area contributed by atoms with E-state index in [1.165, 1.54) is 12.1 Å². The second kappa shape index (κ2) is 5.47. The number of piperidine rings is 1. The van der Waals surface area contributed by atoms with Gasteiger partial charge in [-0.3, -0.25) is 9.59 Å². The van der Waals surface area contributed by atoms with Crippen LogP contribution in [0.3, 0.4) is 0 Å². The van der Waals surface area contributed by atoms with Gasteiger partial charge in [-0.1, -0.05) is 12.1 Å². The van der Waals surface area contributed by atoms with Crippen molar-refractivity contribution in [1.82, 2.24) is 10.2 Å². The zero-order valence-corrected chi connectivity index (χ0v) is 12.0. The zero-order chi connectivity index (χ0) is 15.0. The highest BCUT2D eigenvalue weighted by molar-refractivity contribution is 5.85. The van der Waals surface area contributed by atoms with Crippen molar-refractivity contribution < 1.29 is 14.0 Å². The number of nitrogens with zero attached hydrogens (tertiary/aromatic N) is 1. The highest BCUT2D eigenvalue weighted by Crippen LogP contribution is 2.36. The lowest BCUT2D eigenvalue weighted by molar-refractivity contribution is -0.141. The summed E-state index contributed by atoms with van der Waals surface area (Å²) in [6.45, 7) is 0. The predicted molar refractivity (Wildman–Crippen MR) is 75.8 cm³/mol. The van der Waals surface area contributed by atoms with E-state index < -0.39 is 0 Å². The normalized spacial score (nSPS) is 25.8. The quantitative estimate of drug-likeness (QED) is 0.926. The van der Waals surface area contributed by atoms with Crippen LogP contribution in [-0.2, 0) is 9.59 Å². The minimum Gasteiger partial charge on any atom is -0.353 e. The monoisotopic (exact) mass is 290 g/mol. The molecule has 0 bridgehead atoms. The Morgan fingerprint density at radius 3 is 2.52 bits per heavy atom. The zero-order valence-electron chi connectivity index (χ0n) is 12.0. The van der Waals surface area contributed by atoms with E-state index >= 15 is 0 Å². The van der Waals surface area contributed by atoms with Crippen molar-refractivity contribution in [3.05, 3.63) is 35.6 Å². The third-order valence-corrected chi connectivity index (χ3v) is 4.33. The van der Waals surface area contributed by atoms with Crippen LogP contribution in [-0.4, -0.2) is 29.8 Å². The molecule has 5 heteroatoms. The molecule has 4 nitrogen and oxygen atoms in total. The van der Waals surface area contributed by atoms with Gasteiger partial charge in [0.1, 0.15) is 5.82 Å². The minimum absolute atomic E-state index is 0.00572. The largest absolute Gasteiger partial charge is 0.353 e. The van der Waals surface area contributed by atoms with Crippen molar-refractivity contribution in [1.29, 1.82) is 0 Å². The van der Waals surface area contributed by atoms with Gasteiger partial charge in [-0.2, -0.15) is 0 Å². The molecule has 21 heavy (non-hydrogen) atoms. The lowest BCUT2D eigenvalue weighted by atomic mass is 9.84. The highest BCUT2D eigenvalue weighted by Gasteiger charge is 2.40. The number of carbonyl (C=O) groups is 2. The first-order chi connectivity index (χ1) is 10.1. The molecule has 2 fully saturated rings. The van der Waals surface area contributed by atoms with E-state index in [0.29, 0.717) is 18.9 Å². The van der Waals surface area contributed by atoms with Gasteiger partial charge in [-0.25, -0.2) is 4.39 Å². The summed E-state index contributed by atoms with van der Waals surface area (Å²) in [4.78, 5) is 26.0. The molecule has 1 aromatic rings. The fourth-order valence-electron chi connectivity index (χ4n) is 2.96. The van der Waals surface area contributed by atoms with Crippen molar-refractivity contribution >= 4 is 11.8 Å². The van der Waals surface area contributed by atoms with Gasteiger partial charge >= 0.3 is 0 Å². The molecule has 1 saturated carbocycles. The molecule has 0 spiro atoms. The van der Waals surface area contributed by atoms with Crippen LogP contribution in [0, 0.1) is 11.7 Å². The Labute approximate surface area is 123 Å². The smallest absolute Gasteiger partial charge is 0.225 e. The van der Waals surface area contributed by atoms with E-state index in [-0.39, 0.29) is 29.6 Å². The fourth-order valence-corrected chi connectivity index (χ4v) is 2.96. The van der Waals surface area contributed by atoms with Gasteiger partial charge in [-0.05, 0) is 37.0 Å². The second-order valence-electron chi connectivity index (χ2n) is 5.93. The summed E-state index contributed by atoms with van der Waals surface area (Å²) in [5.74, 6) is -0.549. The van der Waals surface area contributed by atoms with Gasteiger partial charge < -0.3 is 10.2 Å². The van der Waals surface area contributed by atoms with Gasteiger partial charge in [0.2, 0.25) is 11.8 Å². The van der Waals surface area contributed by atoms with E-state index in [0.717, 1.165) is 18.4 Å². The maximum atomic E-state index is 13.1. The summed E-state index contributed by atoms with van der Waals surface area (Å²) in [5.41, 5.74) is 0.808. The summed E-state index contributed by atoms with van der Waals surface area (Å²) in [5, 5.41) is 3.02. The molecule has 1 saturated heterocycles. The molecule has 112 valence electrons. The highest BCUT2D eigenvalue weighted by atomic mass is 19.1. The fraction of sp³-hybridized carbons (Fsp3) is 0.500. The number of rotatable bonds is 3. The maximum absolute atomic E-state index is 13.1. The van der Waals surface area contributed by atoms with Gasteiger partial charge in [0.15, 0.2) is 0 Å². The topological polar surface area (TPSA) is 49.4 Å². The third-order valence-electron chi connectivity index (χ3n) is 4.33. The first kappa shape index (κ1) is 14.0. The summed E-state index contributed by atoms with van der Waals surface area (Å²) < 4.78 is 13.1. The van der Waals surface area contributed by atoms with Crippen LogP contribution in [0.1, 0.15) is 37.3 Å². The number of hydrogen-bond acceptors (Lipinski definition) is 2. The molecule has 1 aromatic carbocycles. The Kier molecular flexibility index (Phi) is 3.66. The van der Waals surface area contributed by atoms with Crippen molar-refractivity contribution in [3.63, 3.8) is 0 Å². The molecule has 1 heterocycles. The number of carbonyl (C=O) groups excluding carboxylic acids is 2. The molecule has 2 amide bonds. The van der Waals surface area contributed by atoms with Crippen molar-refractivity contribution in [2.24, 2.45) is 5.92 Å². The van der Waals surface area contributed by atoms with E-state index in [4.69, 9.17) is 0 Å². The number of halogens is 1. The van der Waals surface area contributed by atoms with Gasteiger partial charge in [0.25, 0.3) is 0 Å². The summed E-state index contributed by atoms with van der Waals surface area (Å²) in [6, 6.07) is 6.05. The lowest BCUT2D eigenvalue weighted by Gasteiger charge is -2.38. The van der Waals surface area contributed by atoms with Crippen LogP contribution in [0.5, 0.6) is 0 Å². The van der Waals surface area contributed by atoms with Crippen LogP contribution in [0.25, 0.3) is 0 Å². The van der Waals surface area contributed by atoms with E-state index in [2.05, 4.69) is 5.32 Å². The summed E-state index contributed by atoms with van der Waals surface area (Å²) in [7, 11) is 1.72. The number of nitrogens with one attached hydrogen (secondary N) is 1. The lowest BCUT2D eigenvalue weighted by Crippen LogP contribution is -2.46. The summed E-state index contributed by atoms with van der Waals surface area (Å²) in [6.07, 6.45) is 3.00. The van der Waals surface area contributed by atoms with Crippen LogP contribution < -0.4 is 5.32 Å². The van der Waals surface area contributed by atoms with Crippen LogP contribution in [0.2, 0.25) is 0 Å². The first-order valence-corrected chi connectivity index (χ1v) is 7.38. The first-order valence-electron chi connectivity index (χ1n) is 7.38. The Bertz CT molecular complexity index is 554. The molecule has 2 aliphatic rings. The van der Waals surface area contributed by atoms with Gasteiger partial charge in [0, 0.05) is 19.5 Å². The van der Waals surface area contributed by atoms with Crippen molar-refractivity contribution in [3.8, 4) is 0 Å².